The molecule has 0 aliphatic rings. The summed E-state index contributed by atoms with van der Waals surface area (Å²) in [5.74, 6) is -0.950. The Balaban J connectivity index is 4.08. The van der Waals surface area contributed by atoms with Crippen LogP contribution < -0.4 is 0 Å². The molecule has 0 heterocycles. The molecule has 0 aliphatic heterocycles. The van der Waals surface area contributed by atoms with Crippen molar-refractivity contribution >= 4 is 19.8 Å². The number of ether oxygens (including phenoxy) is 2. The highest BCUT2D eigenvalue weighted by Gasteiger charge is 2.22. The van der Waals surface area contributed by atoms with Crippen molar-refractivity contribution < 1.29 is 37.9 Å². The first kappa shape index (κ1) is 46.0. The van der Waals surface area contributed by atoms with Gasteiger partial charge in [0.05, 0.1) is 6.61 Å². The third-order valence-electron chi connectivity index (χ3n) is 7.85. The first-order valence-electron chi connectivity index (χ1n) is 18.9. The second-order valence-electron chi connectivity index (χ2n) is 12.6. The van der Waals surface area contributed by atoms with Gasteiger partial charge in [0, 0.05) is 12.8 Å². The Labute approximate surface area is 293 Å². The van der Waals surface area contributed by atoms with E-state index in [0.29, 0.717) is 12.8 Å². The molecule has 2 N–H and O–H groups in total. The summed E-state index contributed by atoms with van der Waals surface area (Å²) >= 11 is 0. The fourth-order valence-electron chi connectivity index (χ4n) is 5.01. The van der Waals surface area contributed by atoms with Crippen LogP contribution in [-0.2, 0) is 28.2 Å². The summed E-state index contributed by atoms with van der Waals surface area (Å²) in [6.07, 6.45) is 41.2. The molecule has 0 amide bonds. The van der Waals surface area contributed by atoms with Gasteiger partial charge in [0.25, 0.3) is 0 Å². The first-order chi connectivity index (χ1) is 23.3. The van der Waals surface area contributed by atoms with Crippen molar-refractivity contribution in [2.75, 3.05) is 13.2 Å². The van der Waals surface area contributed by atoms with E-state index in [2.05, 4.69) is 60.9 Å². The molecule has 0 aromatic carbocycles. The van der Waals surface area contributed by atoms with Crippen LogP contribution in [-0.4, -0.2) is 41.0 Å². The second-order valence-corrected chi connectivity index (χ2v) is 13.8. The van der Waals surface area contributed by atoms with E-state index in [0.717, 1.165) is 38.5 Å². The van der Waals surface area contributed by atoms with Crippen molar-refractivity contribution in [2.45, 2.75) is 174 Å². The molecule has 0 saturated carbocycles. The van der Waals surface area contributed by atoms with E-state index in [1.807, 2.05) is 6.08 Å². The van der Waals surface area contributed by atoms with Crippen molar-refractivity contribution in [2.24, 2.45) is 0 Å². The lowest BCUT2D eigenvalue weighted by molar-refractivity contribution is -0.161. The summed E-state index contributed by atoms with van der Waals surface area (Å²) in [5.41, 5.74) is 0. The van der Waals surface area contributed by atoms with E-state index < -0.39 is 32.5 Å². The number of carbonyl (C=O) groups is 2. The molecule has 0 saturated heterocycles. The number of allylic oxidation sites excluding steroid dienone is 8. The fraction of sp³-hybridized carbons (Fsp3) is 0.744. The standard InChI is InChI=1S/C39H69O8P/c1-3-5-7-9-11-13-15-17-18-19-20-22-24-26-28-30-32-34-39(41)47-37(36-46-48(42,43)44)35-45-38(40)33-31-29-27-25-23-21-16-14-12-10-8-6-4-2/h11,13,17-18,20,22,26,28,37H,3-10,12,14-16,19,21,23-25,27,29-36H2,1-2H3,(H2,42,43,44)/t37-/m1/s1. The van der Waals surface area contributed by atoms with Crippen molar-refractivity contribution in [3.05, 3.63) is 48.6 Å². The first-order valence-corrected chi connectivity index (χ1v) is 20.5. The molecule has 0 fully saturated rings. The number of hydrogen-bond donors (Lipinski definition) is 2. The summed E-state index contributed by atoms with van der Waals surface area (Å²) in [6.45, 7) is 3.60. The number of phosphoric acid groups is 1. The molecule has 0 spiro atoms. The minimum absolute atomic E-state index is 0.136. The summed E-state index contributed by atoms with van der Waals surface area (Å²) in [6, 6.07) is 0. The van der Waals surface area contributed by atoms with Crippen LogP contribution in [0.25, 0.3) is 0 Å². The molecule has 0 rings (SSSR count). The highest BCUT2D eigenvalue weighted by Crippen LogP contribution is 2.36. The average molecular weight is 697 g/mol. The number of carbonyl (C=O) groups excluding carboxylic acids is 2. The SMILES string of the molecule is CCCCCC=CCC=CCC=CCC=CCCCC(=O)O[C@H](COC(=O)CCCCCCCCCCCCCCC)COP(=O)(O)O. The quantitative estimate of drug-likeness (QED) is 0.0295. The molecule has 278 valence electrons. The van der Waals surface area contributed by atoms with Gasteiger partial charge in [-0.2, -0.15) is 0 Å². The monoisotopic (exact) mass is 696 g/mol. The van der Waals surface area contributed by atoms with E-state index in [1.165, 1.54) is 89.9 Å². The minimum atomic E-state index is -4.76. The predicted molar refractivity (Wildman–Crippen MR) is 198 cm³/mol. The lowest BCUT2D eigenvalue weighted by atomic mass is 10.0. The Bertz CT molecular complexity index is 921. The number of esters is 2. The third-order valence-corrected chi connectivity index (χ3v) is 8.34. The van der Waals surface area contributed by atoms with Gasteiger partial charge in [-0.3, -0.25) is 14.1 Å². The Hall–Kier alpha value is -1.99. The molecular formula is C39H69O8P. The van der Waals surface area contributed by atoms with Gasteiger partial charge in [-0.25, -0.2) is 4.57 Å². The maximum atomic E-state index is 12.3. The van der Waals surface area contributed by atoms with E-state index >= 15 is 0 Å². The molecule has 48 heavy (non-hydrogen) atoms. The Kier molecular flexibility index (Phi) is 33.4. The zero-order valence-electron chi connectivity index (χ0n) is 30.4. The Morgan fingerprint density at radius 2 is 0.958 bits per heavy atom. The summed E-state index contributed by atoms with van der Waals surface area (Å²) in [5, 5.41) is 0. The molecule has 1 atom stereocenters. The summed E-state index contributed by atoms with van der Waals surface area (Å²) in [4.78, 5) is 42.6. The Morgan fingerprint density at radius 3 is 1.46 bits per heavy atom. The molecule has 0 unspecified atom stereocenters. The van der Waals surface area contributed by atoms with Gasteiger partial charge < -0.3 is 19.3 Å². The highest BCUT2D eigenvalue weighted by atomic mass is 31.2. The van der Waals surface area contributed by atoms with E-state index in [-0.39, 0.29) is 19.4 Å². The van der Waals surface area contributed by atoms with Gasteiger partial charge >= 0.3 is 19.8 Å². The average Bonchev–Trinajstić information content (AvgIpc) is 3.05. The number of phosphoric ester groups is 1. The zero-order valence-corrected chi connectivity index (χ0v) is 31.3. The van der Waals surface area contributed by atoms with Crippen molar-refractivity contribution in [1.82, 2.24) is 0 Å². The fourth-order valence-corrected chi connectivity index (χ4v) is 5.37. The van der Waals surface area contributed by atoms with E-state index in [9.17, 15) is 14.2 Å². The van der Waals surface area contributed by atoms with Crippen LogP contribution in [0.1, 0.15) is 168 Å². The van der Waals surface area contributed by atoms with E-state index in [4.69, 9.17) is 19.3 Å². The normalized spacial score (nSPS) is 13.0. The topological polar surface area (TPSA) is 119 Å². The molecule has 0 aromatic heterocycles. The summed E-state index contributed by atoms with van der Waals surface area (Å²) < 4.78 is 26.2. The van der Waals surface area contributed by atoms with Crippen LogP contribution in [0.2, 0.25) is 0 Å². The molecule has 0 bridgehead atoms. The lowest BCUT2D eigenvalue weighted by Crippen LogP contribution is -2.29. The van der Waals surface area contributed by atoms with E-state index in [1.54, 1.807) is 0 Å². The summed E-state index contributed by atoms with van der Waals surface area (Å²) in [7, 11) is -4.76. The van der Waals surface area contributed by atoms with Crippen LogP contribution in [0.3, 0.4) is 0 Å². The molecular weight excluding hydrogens is 627 g/mol. The van der Waals surface area contributed by atoms with Gasteiger partial charge in [0.15, 0.2) is 6.10 Å². The molecule has 0 aliphatic carbocycles. The van der Waals surface area contributed by atoms with Crippen LogP contribution in [0.5, 0.6) is 0 Å². The van der Waals surface area contributed by atoms with Gasteiger partial charge in [-0.05, 0) is 51.4 Å². The molecule has 0 aromatic rings. The van der Waals surface area contributed by atoms with Gasteiger partial charge in [-0.15, -0.1) is 0 Å². The lowest BCUT2D eigenvalue weighted by Gasteiger charge is -2.18. The number of rotatable bonds is 34. The molecule has 0 radical (unpaired) electrons. The maximum Gasteiger partial charge on any atom is 0.469 e. The van der Waals surface area contributed by atoms with Crippen molar-refractivity contribution in [3.63, 3.8) is 0 Å². The minimum Gasteiger partial charge on any atom is -0.462 e. The van der Waals surface area contributed by atoms with Crippen molar-refractivity contribution in [1.29, 1.82) is 0 Å². The largest absolute Gasteiger partial charge is 0.469 e. The van der Waals surface area contributed by atoms with Crippen LogP contribution >= 0.6 is 7.82 Å². The Morgan fingerprint density at radius 1 is 0.542 bits per heavy atom. The molecule has 9 heteroatoms. The van der Waals surface area contributed by atoms with Crippen LogP contribution in [0.4, 0.5) is 0 Å². The zero-order chi connectivity index (χ0) is 35.4. The second kappa shape index (κ2) is 34.9. The molecule has 8 nitrogen and oxygen atoms in total. The number of unbranched alkanes of at least 4 members (excludes halogenated alkanes) is 16. The van der Waals surface area contributed by atoms with Gasteiger partial charge in [0.1, 0.15) is 6.61 Å². The smallest absolute Gasteiger partial charge is 0.462 e. The maximum absolute atomic E-state index is 12.3. The van der Waals surface area contributed by atoms with Gasteiger partial charge in [-0.1, -0.05) is 152 Å². The third kappa shape index (κ3) is 36.8. The number of hydrogen-bond acceptors (Lipinski definition) is 6. The van der Waals surface area contributed by atoms with Gasteiger partial charge in [0.2, 0.25) is 0 Å². The highest BCUT2D eigenvalue weighted by molar-refractivity contribution is 7.46. The van der Waals surface area contributed by atoms with Crippen molar-refractivity contribution in [3.8, 4) is 0 Å². The van der Waals surface area contributed by atoms with Crippen LogP contribution in [0, 0.1) is 0 Å². The van der Waals surface area contributed by atoms with Crippen LogP contribution in [0.15, 0.2) is 48.6 Å². The predicted octanol–water partition coefficient (Wildman–Crippen LogP) is 11.2.